The van der Waals surface area contributed by atoms with E-state index in [0.29, 0.717) is 0 Å². The van der Waals surface area contributed by atoms with Crippen LogP contribution in [-0.4, -0.2) is 24.9 Å². The molecule has 0 radical (unpaired) electrons. The van der Waals surface area contributed by atoms with Crippen LogP contribution in [0.15, 0.2) is 24.3 Å². The van der Waals surface area contributed by atoms with Gasteiger partial charge in [-0.1, -0.05) is 51.9 Å². The maximum absolute atomic E-state index is 9.47. The lowest BCUT2D eigenvalue weighted by atomic mass is 10.1. The summed E-state index contributed by atoms with van der Waals surface area (Å²) in [6.45, 7) is 2.43. The summed E-state index contributed by atoms with van der Waals surface area (Å²) in [5.74, 6) is 0.855. The van der Waals surface area contributed by atoms with Gasteiger partial charge < -0.3 is 15.2 Å². The molecule has 1 aromatic rings. The molecule has 0 aliphatic carbocycles. The molecule has 0 saturated heterocycles. The fourth-order valence-corrected chi connectivity index (χ4v) is 2.48. The Bertz CT molecular complexity index is 351. The second-order valence-electron chi connectivity index (χ2n) is 5.66. The molecule has 0 amide bonds. The van der Waals surface area contributed by atoms with Gasteiger partial charge in [-0.05, 0) is 30.7 Å². The Hall–Kier alpha value is -1.22. The molecule has 3 nitrogen and oxygen atoms in total. The van der Waals surface area contributed by atoms with E-state index >= 15 is 0 Å². The van der Waals surface area contributed by atoms with Crippen molar-refractivity contribution in [3.8, 4) is 5.75 Å². The van der Waals surface area contributed by atoms with Gasteiger partial charge in [0.15, 0.2) is 0 Å². The van der Waals surface area contributed by atoms with Crippen molar-refractivity contribution < 1.29 is 9.84 Å². The van der Waals surface area contributed by atoms with E-state index in [-0.39, 0.29) is 12.6 Å². The van der Waals surface area contributed by atoms with E-state index in [9.17, 15) is 5.11 Å². The van der Waals surface area contributed by atoms with Gasteiger partial charge >= 0.3 is 0 Å². The van der Waals surface area contributed by atoms with Crippen molar-refractivity contribution in [3.63, 3.8) is 0 Å². The molecular weight excluding hydrogens is 262 g/mol. The summed E-state index contributed by atoms with van der Waals surface area (Å²) in [4.78, 5) is 0. The second kappa shape index (κ2) is 11.4. The number of ether oxygens (including phenoxy) is 1. The summed E-state index contributed by atoms with van der Waals surface area (Å²) < 4.78 is 5.14. The number of rotatable bonds is 12. The maximum Gasteiger partial charge on any atom is 0.119 e. The summed E-state index contributed by atoms with van der Waals surface area (Å²) in [5, 5.41) is 12.9. The number of aliphatic hydroxyl groups excluding tert-OH is 1. The minimum absolute atomic E-state index is 0.147. The van der Waals surface area contributed by atoms with Crippen molar-refractivity contribution in [1.82, 2.24) is 0 Å². The molecule has 0 aliphatic rings. The molecular formula is C18H31NO2. The highest BCUT2D eigenvalue weighted by molar-refractivity contribution is 5.47. The van der Waals surface area contributed by atoms with Crippen LogP contribution in [-0.2, 0) is 0 Å². The van der Waals surface area contributed by atoms with E-state index < -0.39 is 0 Å². The molecule has 3 heteroatoms. The molecule has 2 N–H and O–H groups in total. The Balaban J connectivity index is 2.18. The summed E-state index contributed by atoms with van der Waals surface area (Å²) in [7, 11) is 1.67. The zero-order chi connectivity index (χ0) is 15.3. The summed E-state index contributed by atoms with van der Waals surface area (Å²) in [6.07, 6.45) is 10.2. The molecule has 0 aliphatic heterocycles. The third-order valence-corrected chi connectivity index (χ3v) is 3.84. The van der Waals surface area contributed by atoms with E-state index in [4.69, 9.17) is 4.74 Å². The van der Waals surface area contributed by atoms with E-state index in [2.05, 4.69) is 12.2 Å². The van der Waals surface area contributed by atoms with Crippen LogP contribution in [0.4, 0.5) is 5.69 Å². The number of hydrogen-bond acceptors (Lipinski definition) is 3. The van der Waals surface area contributed by atoms with Crippen LogP contribution in [0.5, 0.6) is 5.75 Å². The van der Waals surface area contributed by atoms with Gasteiger partial charge in [-0.2, -0.15) is 0 Å². The Morgan fingerprint density at radius 1 is 1.00 bits per heavy atom. The minimum atomic E-state index is 0.147. The first-order chi connectivity index (χ1) is 10.3. The van der Waals surface area contributed by atoms with Gasteiger partial charge in [0.1, 0.15) is 5.75 Å². The van der Waals surface area contributed by atoms with Crippen molar-refractivity contribution in [1.29, 1.82) is 0 Å². The molecule has 1 atom stereocenters. The number of aliphatic hydroxyl groups is 1. The average Bonchev–Trinajstić information content (AvgIpc) is 2.53. The summed E-state index contributed by atoms with van der Waals surface area (Å²) >= 11 is 0. The number of unbranched alkanes of at least 4 members (excludes halogenated alkanes) is 6. The fourth-order valence-electron chi connectivity index (χ4n) is 2.48. The average molecular weight is 293 g/mol. The first kappa shape index (κ1) is 17.8. The lowest BCUT2D eigenvalue weighted by Gasteiger charge is -2.17. The van der Waals surface area contributed by atoms with E-state index in [1.165, 1.54) is 44.9 Å². The third-order valence-electron chi connectivity index (χ3n) is 3.84. The molecule has 0 spiro atoms. The first-order valence-corrected chi connectivity index (χ1v) is 8.31. The van der Waals surface area contributed by atoms with E-state index in [0.717, 1.165) is 17.9 Å². The zero-order valence-electron chi connectivity index (χ0n) is 13.6. The largest absolute Gasteiger partial charge is 0.497 e. The normalized spacial score (nSPS) is 12.1. The quantitative estimate of drug-likeness (QED) is 0.553. The van der Waals surface area contributed by atoms with Crippen LogP contribution >= 0.6 is 0 Å². The molecule has 1 aromatic carbocycles. The van der Waals surface area contributed by atoms with Crippen LogP contribution in [0.1, 0.15) is 58.3 Å². The highest BCUT2D eigenvalue weighted by Gasteiger charge is 2.07. The van der Waals surface area contributed by atoms with E-state index in [1.54, 1.807) is 7.11 Å². The lowest BCUT2D eigenvalue weighted by Crippen LogP contribution is -2.23. The van der Waals surface area contributed by atoms with Crippen LogP contribution in [0, 0.1) is 0 Å². The van der Waals surface area contributed by atoms with Crippen molar-refractivity contribution >= 4 is 5.69 Å². The van der Waals surface area contributed by atoms with Gasteiger partial charge in [-0.3, -0.25) is 0 Å². The number of benzene rings is 1. The van der Waals surface area contributed by atoms with Crippen LogP contribution in [0.3, 0.4) is 0 Å². The molecule has 120 valence electrons. The van der Waals surface area contributed by atoms with Crippen molar-refractivity contribution in [3.05, 3.63) is 24.3 Å². The van der Waals surface area contributed by atoms with Gasteiger partial charge in [-0.15, -0.1) is 0 Å². The monoisotopic (exact) mass is 293 g/mol. The fraction of sp³-hybridized carbons (Fsp3) is 0.667. The Morgan fingerprint density at radius 2 is 1.62 bits per heavy atom. The predicted molar refractivity (Wildman–Crippen MR) is 90.1 cm³/mol. The molecule has 0 bridgehead atoms. The van der Waals surface area contributed by atoms with Crippen molar-refractivity contribution in [2.24, 2.45) is 0 Å². The third kappa shape index (κ3) is 7.96. The molecule has 0 aromatic heterocycles. The first-order valence-electron chi connectivity index (χ1n) is 8.31. The Labute approximate surface area is 129 Å². The molecule has 1 unspecified atom stereocenters. The minimum Gasteiger partial charge on any atom is -0.497 e. The topological polar surface area (TPSA) is 41.5 Å². The molecule has 0 heterocycles. The van der Waals surface area contributed by atoms with Crippen molar-refractivity contribution in [2.45, 2.75) is 64.3 Å². The molecule has 0 saturated carbocycles. The van der Waals surface area contributed by atoms with Gasteiger partial charge in [-0.25, -0.2) is 0 Å². The van der Waals surface area contributed by atoms with Gasteiger partial charge in [0.25, 0.3) is 0 Å². The summed E-state index contributed by atoms with van der Waals surface area (Å²) in [6, 6.07) is 8.00. The highest BCUT2D eigenvalue weighted by Crippen LogP contribution is 2.17. The lowest BCUT2D eigenvalue weighted by molar-refractivity contribution is 0.266. The Morgan fingerprint density at radius 3 is 2.19 bits per heavy atom. The standard InChI is InChI=1S/C18H31NO2/c1-3-4-5-6-7-8-9-10-17(15-20)19-16-11-13-18(21-2)14-12-16/h11-14,17,19-20H,3-10,15H2,1-2H3. The molecule has 0 fully saturated rings. The number of nitrogens with one attached hydrogen (secondary N) is 1. The van der Waals surface area contributed by atoms with Crippen molar-refractivity contribution in [2.75, 3.05) is 19.0 Å². The SMILES string of the molecule is CCCCCCCCCC(CO)Nc1ccc(OC)cc1. The second-order valence-corrected chi connectivity index (χ2v) is 5.66. The molecule has 1 rings (SSSR count). The summed E-state index contributed by atoms with van der Waals surface area (Å²) in [5.41, 5.74) is 1.04. The van der Waals surface area contributed by atoms with Crippen LogP contribution < -0.4 is 10.1 Å². The zero-order valence-corrected chi connectivity index (χ0v) is 13.6. The smallest absolute Gasteiger partial charge is 0.119 e. The highest BCUT2D eigenvalue weighted by atomic mass is 16.5. The van der Waals surface area contributed by atoms with Crippen LogP contribution in [0.25, 0.3) is 0 Å². The number of methoxy groups -OCH3 is 1. The van der Waals surface area contributed by atoms with Gasteiger partial charge in [0.05, 0.1) is 13.7 Å². The maximum atomic E-state index is 9.47. The van der Waals surface area contributed by atoms with Gasteiger partial charge in [0, 0.05) is 11.7 Å². The number of anilines is 1. The van der Waals surface area contributed by atoms with Gasteiger partial charge in [0.2, 0.25) is 0 Å². The number of hydrogen-bond donors (Lipinski definition) is 2. The van der Waals surface area contributed by atoms with Crippen LogP contribution in [0.2, 0.25) is 0 Å². The Kier molecular flexibility index (Phi) is 9.71. The molecule has 21 heavy (non-hydrogen) atoms. The van der Waals surface area contributed by atoms with E-state index in [1.807, 2.05) is 24.3 Å². The predicted octanol–water partition coefficient (Wildman–Crippen LogP) is 4.61.